The van der Waals surface area contributed by atoms with E-state index in [0.29, 0.717) is 22.4 Å². The van der Waals surface area contributed by atoms with Gasteiger partial charge in [-0.25, -0.2) is 0 Å². The van der Waals surface area contributed by atoms with Crippen molar-refractivity contribution in [2.24, 2.45) is 0 Å². The van der Waals surface area contributed by atoms with Crippen LogP contribution in [0.1, 0.15) is 25.8 Å². The summed E-state index contributed by atoms with van der Waals surface area (Å²) in [6.07, 6.45) is 1.52. The van der Waals surface area contributed by atoms with Crippen molar-refractivity contribution in [2.75, 3.05) is 5.75 Å². The van der Waals surface area contributed by atoms with E-state index in [-0.39, 0.29) is 5.78 Å². The zero-order chi connectivity index (χ0) is 12.8. The molecule has 4 heteroatoms. The molecule has 1 unspecified atom stereocenters. The fourth-order valence-corrected chi connectivity index (χ4v) is 2.83. The van der Waals surface area contributed by atoms with E-state index >= 15 is 0 Å². The summed E-state index contributed by atoms with van der Waals surface area (Å²) in [6, 6.07) is 5.64. The van der Waals surface area contributed by atoms with Crippen LogP contribution in [-0.2, 0) is 11.2 Å². The van der Waals surface area contributed by atoms with Crippen LogP contribution in [0.25, 0.3) is 0 Å². The van der Waals surface area contributed by atoms with E-state index < -0.39 is 0 Å². The van der Waals surface area contributed by atoms with Gasteiger partial charge in [0.1, 0.15) is 5.78 Å². The Bertz CT molecular complexity index is 395. The number of thioether (sulfide) groups is 1. The van der Waals surface area contributed by atoms with Gasteiger partial charge in [0.15, 0.2) is 0 Å². The minimum absolute atomic E-state index is 0.236. The third-order valence-corrected chi connectivity index (χ3v) is 4.74. The summed E-state index contributed by atoms with van der Waals surface area (Å²) in [5, 5.41) is 1.20. The molecule has 0 N–H and O–H groups in total. The maximum absolute atomic E-state index is 11.8. The van der Waals surface area contributed by atoms with Crippen molar-refractivity contribution in [1.82, 2.24) is 0 Å². The summed E-state index contributed by atoms with van der Waals surface area (Å²) < 4.78 is 0.938. The molecule has 0 bridgehead atoms. The predicted octanol–water partition coefficient (Wildman–Crippen LogP) is 4.75. The van der Waals surface area contributed by atoms with Crippen molar-refractivity contribution in [3.05, 3.63) is 33.3 Å². The quantitative estimate of drug-likeness (QED) is 0.746. The molecular weight excluding hydrogens is 320 g/mol. The van der Waals surface area contributed by atoms with Gasteiger partial charge < -0.3 is 0 Å². The Morgan fingerprint density at radius 2 is 2.24 bits per heavy atom. The highest BCUT2D eigenvalue weighted by Crippen LogP contribution is 2.22. The Kier molecular flexibility index (Phi) is 6.60. The fraction of sp³-hybridized carbons (Fsp3) is 0.462. The van der Waals surface area contributed by atoms with Crippen molar-refractivity contribution < 1.29 is 4.79 Å². The van der Waals surface area contributed by atoms with Gasteiger partial charge in [-0.15, -0.1) is 0 Å². The Morgan fingerprint density at radius 1 is 1.53 bits per heavy atom. The highest BCUT2D eigenvalue weighted by Gasteiger charge is 2.09. The number of hydrogen-bond donors (Lipinski definition) is 0. The van der Waals surface area contributed by atoms with Crippen LogP contribution in [0.4, 0.5) is 0 Å². The van der Waals surface area contributed by atoms with Gasteiger partial charge in [0.25, 0.3) is 0 Å². The van der Waals surface area contributed by atoms with E-state index in [0.717, 1.165) is 16.5 Å². The van der Waals surface area contributed by atoms with E-state index in [1.54, 1.807) is 11.8 Å². The van der Waals surface area contributed by atoms with Gasteiger partial charge in [0, 0.05) is 21.2 Å². The Labute approximate surface area is 120 Å². The number of benzene rings is 1. The lowest BCUT2D eigenvalue weighted by molar-refractivity contribution is -0.116. The molecule has 0 aliphatic rings. The van der Waals surface area contributed by atoms with Crippen molar-refractivity contribution in [3.63, 3.8) is 0 Å². The molecule has 0 saturated carbocycles. The number of carbonyl (C=O) groups excluding carboxylic acids is 1. The lowest BCUT2D eigenvalue weighted by Crippen LogP contribution is -2.08. The smallest absolute Gasteiger partial charge is 0.147 e. The highest BCUT2D eigenvalue weighted by molar-refractivity contribution is 9.10. The first-order valence-corrected chi connectivity index (χ1v) is 7.82. The number of halogens is 2. The molecule has 0 heterocycles. The molecule has 1 atom stereocenters. The monoisotopic (exact) mass is 334 g/mol. The number of carbonyl (C=O) groups is 1. The predicted molar refractivity (Wildman–Crippen MR) is 80.1 cm³/mol. The Balaban J connectivity index is 2.50. The maximum Gasteiger partial charge on any atom is 0.147 e. The topological polar surface area (TPSA) is 17.1 Å². The van der Waals surface area contributed by atoms with Crippen molar-refractivity contribution in [3.8, 4) is 0 Å². The summed E-state index contributed by atoms with van der Waals surface area (Å²) in [4.78, 5) is 11.8. The fourth-order valence-electron chi connectivity index (χ4n) is 1.28. The van der Waals surface area contributed by atoms with Crippen LogP contribution in [0.2, 0.25) is 5.02 Å². The number of hydrogen-bond acceptors (Lipinski definition) is 2. The van der Waals surface area contributed by atoms with E-state index in [9.17, 15) is 4.79 Å². The molecule has 0 saturated heterocycles. The summed E-state index contributed by atoms with van der Waals surface area (Å²) in [6.45, 7) is 4.28. The lowest BCUT2D eigenvalue weighted by atomic mass is 10.1. The minimum atomic E-state index is 0.236. The van der Waals surface area contributed by atoms with Crippen molar-refractivity contribution >= 4 is 45.1 Å². The minimum Gasteiger partial charge on any atom is -0.298 e. The van der Waals surface area contributed by atoms with Crippen LogP contribution < -0.4 is 0 Å². The van der Waals surface area contributed by atoms with Crippen LogP contribution in [0, 0.1) is 0 Å². The zero-order valence-electron chi connectivity index (χ0n) is 10.0. The molecule has 0 radical (unpaired) electrons. The first-order chi connectivity index (χ1) is 8.02. The third kappa shape index (κ3) is 5.45. The molecule has 1 nitrogen and oxygen atoms in total. The number of rotatable bonds is 6. The number of ketones is 1. The normalized spacial score (nSPS) is 12.5. The van der Waals surface area contributed by atoms with Crippen LogP contribution in [0.3, 0.4) is 0 Å². The molecule has 0 spiro atoms. The van der Waals surface area contributed by atoms with Gasteiger partial charge >= 0.3 is 0 Å². The molecule has 0 amide bonds. The van der Waals surface area contributed by atoms with Gasteiger partial charge in [-0.1, -0.05) is 47.4 Å². The molecule has 0 aliphatic heterocycles. The van der Waals surface area contributed by atoms with Crippen LogP contribution in [0.15, 0.2) is 22.7 Å². The SMILES string of the molecule is CCC(C)SCC(=O)Cc1ccc(Br)cc1Cl. The Morgan fingerprint density at radius 3 is 2.82 bits per heavy atom. The van der Waals surface area contributed by atoms with E-state index in [1.807, 2.05) is 18.2 Å². The van der Waals surface area contributed by atoms with Gasteiger partial charge in [0.2, 0.25) is 0 Å². The van der Waals surface area contributed by atoms with Crippen molar-refractivity contribution in [1.29, 1.82) is 0 Å². The van der Waals surface area contributed by atoms with Gasteiger partial charge in [-0.2, -0.15) is 11.8 Å². The lowest BCUT2D eigenvalue weighted by Gasteiger charge is -2.08. The molecule has 17 heavy (non-hydrogen) atoms. The van der Waals surface area contributed by atoms with E-state index in [2.05, 4.69) is 29.8 Å². The summed E-state index contributed by atoms with van der Waals surface area (Å²) in [5.41, 5.74) is 0.907. The largest absolute Gasteiger partial charge is 0.298 e. The van der Waals surface area contributed by atoms with Crippen molar-refractivity contribution in [2.45, 2.75) is 31.9 Å². The molecule has 1 rings (SSSR count). The molecule has 0 aliphatic carbocycles. The zero-order valence-corrected chi connectivity index (χ0v) is 13.2. The molecule has 0 fully saturated rings. The average Bonchev–Trinajstić information content (AvgIpc) is 2.29. The average molecular weight is 336 g/mol. The van der Waals surface area contributed by atoms with E-state index in [4.69, 9.17) is 11.6 Å². The standard InChI is InChI=1S/C13H16BrClOS/c1-3-9(2)17-8-12(16)6-10-4-5-11(14)7-13(10)15/h4-5,7,9H,3,6,8H2,1-2H3. The van der Waals surface area contributed by atoms with Crippen LogP contribution in [-0.4, -0.2) is 16.8 Å². The molecule has 1 aromatic rings. The third-order valence-electron chi connectivity index (χ3n) is 2.51. The first kappa shape index (κ1) is 15.1. The molecule has 1 aromatic carbocycles. The number of Topliss-reactive ketones (excluding diaryl/α,β-unsaturated/α-hetero) is 1. The van der Waals surface area contributed by atoms with E-state index in [1.165, 1.54) is 0 Å². The molecule has 94 valence electrons. The second-order valence-electron chi connectivity index (χ2n) is 3.98. The van der Waals surface area contributed by atoms with Gasteiger partial charge in [-0.05, 0) is 24.1 Å². The second kappa shape index (κ2) is 7.45. The summed E-state index contributed by atoms with van der Waals surface area (Å²) in [7, 11) is 0. The summed E-state index contributed by atoms with van der Waals surface area (Å²) >= 11 is 11.1. The Hall–Kier alpha value is 0.01000. The van der Waals surface area contributed by atoms with Crippen LogP contribution >= 0.6 is 39.3 Å². The summed E-state index contributed by atoms with van der Waals surface area (Å²) in [5.74, 6) is 0.807. The highest BCUT2D eigenvalue weighted by atomic mass is 79.9. The van der Waals surface area contributed by atoms with Crippen LogP contribution in [0.5, 0.6) is 0 Å². The second-order valence-corrected chi connectivity index (χ2v) is 6.73. The van der Waals surface area contributed by atoms with Gasteiger partial charge in [-0.3, -0.25) is 4.79 Å². The van der Waals surface area contributed by atoms with Gasteiger partial charge in [0.05, 0.1) is 5.75 Å². The maximum atomic E-state index is 11.8. The molecule has 0 aromatic heterocycles. The first-order valence-electron chi connectivity index (χ1n) is 5.60. The molecular formula is C13H16BrClOS.